The lowest BCUT2D eigenvalue weighted by atomic mass is 10.4. The van der Waals surface area contributed by atoms with Crippen LogP contribution < -0.4 is 0 Å². The first-order valence-corrected chi connectivity index (χ1v) is 17.0. The third-order valence-corrected chi connectivity index (χ3v) is 11.9. The van der Waals surface area contributed by atoms with E-state index in [-0.39, 0.29) is 5.97 Å². The van der Waals surface area contributed by atoms with Gasteiger partial charge in [0.2, 0.25) is 0 Å². The van der Waals surface area contributed by atoms with Crippen molar-refractivity contribution in [1.29, 1.82) is 0 Å². The lowest BCUT2D eigenvalue weighted by Gasteiger charge is -2.24. The van der Waals surface area contributed by atoms with Crippen molar-refractivity contribution in [3.63, 3.8) is 0 Å². The lowest BCUT2D eigenvalue weighted by Crippen LogP contribution is -2.42. The van der Waals surface area contributed by atoms with Crippen molar-refractivity contribution in [1.82, 2.24) is 4.90 Å². The van der Waals surface area contributed by atoms with Gasteiger partial charge in [-0.1, -0.05) is 26.3 Å². The number of esters is 2. The van der Waals surface area contributed by atoms with Gasteiger partial charge >= 0.3 is 29.5 Å². The molecule has 0 amide bonds. The van der Waals surface area contributed by atoms with E-state index in [1.54, 1.807) is 42.7 Å². The molecule has 0 spiro atoms. The maximum atomic E-state index is 11.5. The molecule has 0 aromatic rings. The molecule has 0 aromatic heterocycles. The fraction of sp³-hybridized carbons (Fsp3) is 0.840. The molecule has 1 saturated carbocycles. The number of rotatable bonds is 18. The number of hydrogen-bond acceptors (Lipinski definition) is 11. The Balaban J connectivity index is 0.000000639. The Morgan fingerprint density at radius 3 is 1.53 bits per heavy atom. The fourth-order valence-corrected chi connectivity index (χ4v) is 6.56. The standard InChI is InChI=1S/C12H25NO5Si.C9H18O5Si.C4H8/c1-11-10-13(11)7-6-12(14)18-8-5-9-19(15-2,16-3)17-4;1-5-9(10)14-7-6-8-15(11-2,12-3)13-4;1-4-2-3-4/h11H,5-10H2,1-4H3;5H,1,6-8H2,2-4H3;4H,2-3H2,1H3. The molecule has 2 atom stereocenters. The molecule has 224 valence electrons. The Hall–Kier alpha value is -1.17. The number of carbonyl (C=O) groups is 2. The average molecular weight is 582 g/mol. The fourth-order valence-electron chi connectivity index (χ4n) is 3.19. The predicted molar refractivity (Wildman–Crippen MR) is 149 cm³/mol. The highest BCUT2D eigenvalue weighted by Gasteiger charge is 2.37. The van der Waals surface area contributed by atoms with Crippen LogP contribution in [0.25, 0.3) is 0 Å². The van der Waals surface area contributed by atoms with E-state index in [4.69, 9.17) is 36.0 Å². The minimum atomic E-state index is -2.52. The number of ether oxygens (including phenoxy) is 2. The summed E-state index contributed by atoms with van der Waals surface area (Å²) in [7, 11) is 4.35. The van der Waals surface area contributed by atoms with Crippen LogP contribution in [0.2, 0.25) is 12.1 Å². The summed E-state index contributed by atoms with van der Waals surface area (Å²) < 4.78 is 41.5. The van der Waals surface area contributed by atoms with Crippen molar-refractivity contribution in [3.8, 4) is 0 Å². The highest BCUT2D eigenvalue weighted by Crippen LogP contribution is 2.26. The quantitative estimate of drug-likeness (QED) is 0.0782. The van der Waals surface area contributed by atoms with Gasteiger partial charge in [0.05, 0.1) is 19.6 Å². The molecule has 2 aliphatic rings. The molecule has 0 N–H and O–H groups in total. The lowest BCUT2D eigenvalue weighted by molar-refractivity contribution is -0.143. The third kappa shape index (κ3) is 16.7. The van der Waals surface area contributed by atoms with Crippen LogP contribution in [0, 0.1) is 5.92 Å². The zero-order valence-electron chi connectivity index (χ0n) is 24.7. The van der Waals surface area contributed by atoms with Gasteiger partial charge in [0.1, 0.15) is 0 Å². The van der Waals surface area contributed by atoms with Crippen LogP contribution in [0.3, 0.4) is 0 Å². The van der Waals surface area contributed by atoms with Gasteiger partial charge in [0, 0.05) is 80.0 Å². The number of carbonyl (C=O) groups excluding carboxylic acids is 2. The Bertz CT molecular complexity index is 642. The van der Waals surface area contributed by atoms with Gasteiger partial charge in [0.15, 0.2) is 0 Å². The minimum absolute atomic E-state index is 0.140. The molecule has 38 heavy (non-hydrogen) atoms. The summed E-state index contributed by atoms with van der Waals surface area (Å²) in [5.74, 6) is 0.521. The van der Waals surface area contributed by atoms with Crippen molar-refractivity contribution in [2.45, 2.75) is 64.1 Å². The summed E-state index contributed by atoms with van der Waals surface area (Å²) in [6.45, 7) is 10.3. The summed E-state index contributed by atoms with van der Waals surface area (Å²) in [5.41, 5.74) is 0. The summed E-state index contributed by atoms with van der Waals surface area (Å²) in [6, 6.07) is 1.89. The van der Waals surface area contributed by atoms with Crippen molar-refractivity contribution in [3.05, 3.63) is 12.7 Å². The molecule has 11 nitrogen and oxygen atoms in total. The van der Waals surface area contributed by atoms with E-state index in [0.717, 1.165) is 25.1 Å². The molecule has 0 bridgehead atoms. The molecule has 2 rings (SSSR count). The zero-order valence-corrected chi connectivity index (χ0v) is 26.7. The Labute approximate surface area is 231 Å². The maximum absolute atomic E-state index is 11.5. The molecule has 13 heteroatoms. The molecule has 1 saturated heterocycles. The Morgan fingerprint density at radius 1 is 0.816 bits per heavy atom. The monoisotopic (exact) mass is 581 g/mol. The molecular weight excluding hydrogens is 530 g/mol. The van der Waals surface area contributed by atoms with Gasteiger partial charge in [-0.05, 0) is 25.7 Å². The Morgan fingerprint density at radius 2 is 1.21 bits per heavy atom. The highest BCUT2D eigenvalue weighted by atomic mass is 28.4. The maximum Gasteiger partial charge on any atom is 0.500 e. The molecular formula is C25H51NO10Si2. The highest BCUT2D eigenvalue weighted by molar-refractivity contribution is 6.60. The summed E-state index contributed by atoms with van der Waals surface area (Å²) >= 11 is 0. The summed E-state index contributed by atoms with van der Waals surface area (Å²) in [6.07, 6.45) is 5.90. The van der Waals surface area contributed by atoms with Gasteiger partial charge in [-0.25, -0.2) is 4.79 Å². The van der Waals surface area contributed by atoms with Crippen LogP contribution in [0.1, 0.15) is 46.0 Å². The normalized spacial score (nSPS) is 18.3. The first-order valence-electron chi connectivity index (χ1n) is 13.1. The predicted octanol–water partition coefficient (Wildman–Crippen LogP) is 3.29. The van der Waals surface area contributed by atoms with Crippen LogP contribution in [-0.4, -0.2) is 109 Å². The average Bonchev–Trinajstić information content (AvgIpc) is 3.88. The molecule has 1 aliphatic carbocycles. The second kappa shape index (κ2) is 20.7. The smallest absolute Gasteiger partial charge is 0.466 e. The molecule has 0 radical (unpaired) electrons. The van der Waals surface area contributed by atoms with Crippen LogP contribution >= 0.6 is 0 Å². The largest absolute Gasteiger partial charge is 0.500 e. The number of nitrogens with zero attached hydrogens (tertiary/aromatic N) is 1. The topological polar surface area (TPSA) is 111 Å². The van der Waals surface area contributed by atoms with E-state index in [0.29, 0.717) is 50.6 Å². The van der Waals surface area contributed by atoms with E-state index in [9.17, 15) is 9.59 Å². The number of hydrogen-bond donors (Lipinski definition) is 0. The van der Waals surface area contributed by atoms with Gasteiger partial charge in [-0.2, -0.15) is 0 Å². The van der Waals surface area contributed by atoms with Crippen LogP contribution in [0.4, 0.5) is 0 Å². The third-order valence-electron chi connectivity index (χ3n) is 6.25. The Kier molecular flexibility index (Phi) is 20.1. The summed E-state index contributed by atoms with van der Waals surface area (Å²) in [5, 5.41) is 0. The van der Waals surface area contributed by atoms with Crippen LogP contribution in [0.5, 0.6) is 0 Å². The van der Waals surface area contributed by atoms with Crippen molar-refractivity contribution in [2.24, 2.45) is 5.92 Å². The SMILES string of the molecule is C=CC(=O)OCCC[Si](OC)(OC)OC.CC1CC1.CO[Si](CCCOC(=O)CCN1CC1C)(OC)OC. The van der Waals surface area contributed by atoms with Gasteiger partial charge in [0.25, 0.3) is 0 Å². The van der Waals surface area contributed by atoms with E-state index >= 15 is 0 Å². The first kappa shape index (κ1) is 36.8. The minimum Gasteiger partial charge on any atom is -0.466 e. The zero-order chi connectivity index (χ0) is 29.0. The van der Waals surface area contributed by atoms with Gasteiger partial charge in [-0.15, -0.1) is 0 Å². The van der Waals surface area contributed by atoms with Crippen molar-refractivity contribution >= 4 is 29.5 Å². The van der Waals surface area contributed by atoms with Crippen LogP contribution in [0.15, 0.2) is 12.7 Å². The molecule has 2 unspecified atom stereocenters. The van der Waals surface area contributed by atoms with Crippen LogP contribution in [-0.2, 0) is 45.6 Å². The molecule has 2 fully saturated rings. The van der Waals surface area contributed by atoms with Crippen molar-refractivity contribution in [2.75, 3.05) is 69.0 Å². The summed E-state index contributed by atoms with van der Waals surface area (Å²) in [4.78, 5) is 24.4. The van der Waals surface area contributed by atoms with Crippen molar-refractivity contribution < 1.29 is 45.6 Å². The van der Waals surface area contributed by atoms with E-state index < -0.39 is 23.6 Å². The van der Waals surface area contributed by atoms with Gasteiger partial charge < -0.3 is 36.0 Å². The van der Waals surface area contributed by atoms with E-state index in [2.05, 4.69) is 25.3 Å². The second-order valence-electron chi connectivity index (χ2n) is 9.17. The van der Waals surface area contributed by atoms with E-state index in [1.165, 1.54) is 12.8 Å². The van der Waals surface area contributed by atoms with Gasteiger partial charge in [-0.3, -0.25) is 9.69 Å². The first-order chi connectivity index (χ1) is 18.1. The molecule has 1 heterocycles. The van der Waals surface area contributed by atoms with E-state index in [1.807, 2.05) is 0 Å². The molecule has 1 aliphatic heterocycles. The second-order valence-corrected chi connectivity index (χ2v) is 15.3. The molecule has 0 aromatic carbocycles.